The Kier molecular flexibility index (Phi) is 4.52. The van der Waals surface area contributed by atoms with Gasteiger partial charge in [0.05, 0.1) is 25.9 Å². The zero-order chi connectivity index (χ0) is 14.6. The Morgan fingerprint density at radius 2 is 1.74 bits per heavy atom. The molecule has 0 spiro atoms. The molecule has 0 heterocycles. The van der Waals surface area contributed by atoms with E-state index in [9.17, 15) is 14.7 Å². The van der Waals surface area contributed by atoms with Crippen molar-refractivity contribution in [1.82, 2.24) is 0 Å². The summed E-state index contributed by atoms with van der Waals surface area (Å²) in [5.74, 6) is -1.40. The molecule has 1 aromatic rings. The minimum Gasteiger partial charge on any atom is -0.545 e. The van der Waals surface area contributed by atoms with Crippen LogP contribution in [0.3, 0.4) is 0 Å². The topological polar surface area (TPSA) is 87.7 Å². The zero-order valence-corrected chi connectivity index (χ0v) is 10.9. The van der Waals surface area contributed by atoms with Gasteiger partial charge in [-0.25, -0.2) is 0 Å². The van der Waals surface area contributed by atoms with Crippen LogP contribution in [0, 0.1) is 0 Å². The first kappa shape index (κ1) is 14.6. The lowest BCUT2D eigenvalue weighted by molar-refractivity contribution is -0.254. The van der Waals surface area contributed by atoms with E-state index in [-0.39, 0.29) is 22.6 Å². The molecule has 1 rings (SSSR count). The second-order valence-corrected chi connectivity index (χ2v) is 3.77. The number of ether oxygens (including phenoxy) is 2. The standard InChI is InChI=1S/C13H15NO5/c1-7(2)12(15)14-9-6-11(19-4)10(18-3)5-8(9)13(16)17/h5-6H,1H2,2-4H3,(H,14,15)(H,16,17)/p-1. The first-order chi connectivity index (χ1) is 8.90. The number of carboxylic acid groups (broad SMARTS) is 1. The first-order valence-electron chi connectivity index (χ1n) is 5.35. The summed E-state index contributed by atoms with van der Waals surface area (Å²) < 4.78 is 10.0. The number of anilines is 1. The predicted octanol–water partition coefficient (Wildman–Crippen LogP) is 0.582. The van der Waals surface area contributed by atoms with E-state index >= 15 is 0 Å². The zero-order valence-electron chi connectivity index (χ0n) is 10.9. The van der Waals surface area contributed by atoms with E-state index in [1.54, 1.807) is 0 Å². The maximum Gasteiger partial charge on any atom is 0.250 e. The van der Waals surface area contributed by atoms with Crippen molar-refractivity contribution in [3.05, 3.63) is 29.8 Å². The van der Waals surface area contributed by atoms with Gasteiger partial charge in [-0.2, -0.15) is 0 Å². The van der Waals surface area contributed by atoms with E-state index < -0.39 is 11.9 Å². The highest BCUT2D eigenvalue weighted by molar-refractivity contribution is 6.06. The number of methoxy groups -OCH3 is 2. The molecule has 0 saturated carbocycles. The lowest BCUT2D eigenvalue weighted by atomic mass is 10.1. The summed E-state index contributed by atoms with van der Waals surface area (Å²) in [6.07, 6.45) is 0. The van der Waals surface area contributed by atoms with Gasteiger partial charge in [-0.3, -0.25) is 4.79 Å². The van der Waals surface area contributed by atoms with Crippen LogP contribution in [0.4, 0.5) is 5.69 Å². The Morgan fingerprint density at radius 1 is 1.21 bits per heavy atom. The van der Waals surface area contributed by atoms with Gasteiger partial charge in [-0.1, -0.05) is 6.58 Å². The molecule has 6 heteroatoms. The van der Waals surface area contributed by atoms with Gasteiger partial charge in [0.25, 0.3) is 5.91 Å². The fraction of sp³-hybridized carbons (Fsp3) is 0.231. The second-order valence-electron chi connectivity index (χ2n) is 3.77. The van der Waals surface area contributed by atoms with Crippen LogP contribution in [0.1, 0.15) is 17.3 Å². The molecule has 1 amide bonds. The Morgan fingerprint density at radius 3 is 2.16 bits per heavy atom. The Hall–Kier alpha value is -2.50. The van der Waals surface area contributed by atoms with Gasteiger partial charge < -0.3 is 24.7 Å². The smallest absolute Gasteiger partial charge is 0.250 e. The summed E-state index contributed by atoms with van der Waals surface area (Å²) in [6.45, 7) is 4.98. The molecule has 0 saturated heterocycles. The van der Waals surface area contributed by atoms with Crippen LogP contribution in [-0.2, 0) is 4.79 Å². The number of nitrogens with one attached hydrogen (secondary N) is 1. The Bertz CT molecular complexity index is 536. The Labute approximate surface area is 110 Å². The highest BCUT2D eigenvalue weighted by Gasteiger charge is 2.14. The van der Waals surface area contributed by atoms with Crippen molar-refractivity contribution in [2.75, 3.05) is 19.5 Å². The molecule has 0 radical (unpaired) electrons. The van der Waals surface area contributed by atoms with Gasteiger partial charge in [0.1, 0.15) is 0 Å². The van der Waals surface area contributed by atoms with Crippen molar-refractivity contribution in [3.8, 4) is 11.5 Å². The van der Waals surface area contributed by atoms with Crippen molar-refractivity contribution in [3.63, 3.8) is 0 Å². The molecule has 6 nitrogen and oxygen atoms in total. The molecule has 19 heavy (non-hydrogen) atoms. The van der Waals surface area contributed by atoms with Crippen molar-refractivity contribution < 1.29 is 24.2 Å². The third kappa shape index (κ3) is 3.25. The molecule has 0 aliphatic carbocycles. The van der Waals surface area contributed by atoms with Crippen LogP contribution < -0.4 is 19.9 Å². The van der Waals surface area contributed by atoms with Crippen molar-refractivity contribution >= 4 is 17.6 Å². The lowest BCUT2D eigenvalue weighted by Crippen LogP contribution is -2.25. The molecule has 0 aromatic heterocycles. The number of carboxylic acids is 1. The fourth-order valence-electron chi connectivity index (χ4n) is 1.38. The van der Waals surface area contributed by atoms with Gasteiger partial charge in [-0.05, 0) is 13.0 Å². The van der Waals surface area contributed by atoms with Crippen molar-refractivity contribution in [2.45, 2.75) is 6.92 Å². The molecule has 1 aromatic carbocycles. The van der Waals surface area contributed by atoms with Gasteiger partial charge in [-0.15, -0.1) is 0 Å². The molecule has 102 valence electrons. The maximum atomic E-state index is 11.5. The molecule has 0 bridgehead atoms. The average molecular weight is 264 g/mol. The first-order valence-corrected chi connectivity index (χ1v) is 5.35. The Balaban J connectivity index is 3.31. The van der Waals surface area contributed by atoms with E-state index in [0.717, 1.165) is 0 Å². The van der Waals surface area contributed by atoms with Gasteiger partial charge in [0.15, 0.2) is 11.5 Å². The molecule has 0 aliphatic rings. The number of benzene rings is 1. The summed E-state index contributed by atoms with van der Waals surface area (Å²) in [6, 6.07) is 2.58. The SMILES string of the molecule is C=C(C)C(=O)Nc1cc(OC)c(OC)cc1C(=O)[O-]. The molecule has 1 N–H and O–H groups in total. The molecule has 0 unspecified atom stereocenters. The van der Waals surface area contributed by atoms with Crippen molar-refractivity contribution in [1.29, 1.82) is 0 Å². The molecular weight excluding hydrogens is 250 g/mol. The van der Waals surface area contributed by atoms with Gasteiger partial charge in [0, 0.05) is 17.2 Å². The predicted molar refractivity (Wildman–Crippen MR) is 67.3 cm³/mol. The molecule has 0 fully saturated rings. The minimum atomic E-state index is -1.43. The van der Waals surface area contributed by atoms with Crippen LogP contribution in [0.2, 0.25) is 0 Å². The van der Waals surface area contributed by atoms with Gasteiger partial charge >= 0.3 is 0 Å². The summed E-state index contributed by atoms with van der Waals surface area (Å²) >= 11 is 0. The number of carbonyl (C=O) groups is 2. The monoisotopic (exact) mass is 264 g/mol. The fourth-order valence-corrected chi connectivity index (χ4v) is 1.38. The van der Waals surface area contributed by atoms with Crippen LogP contribution in [0.5, 0.6) is 11.5 Å². The van der Waals surface area contributed by atoms with Crippen LogP contribution in [0.25, 0.3) is 0 Å². The molecular formula is C13H14NO5-. The number of rotatable bonds is 5. The largest absolute Gasteiger partial charge is 0.545 e. The maximum absolute atomic E-state index is 11.5. The quantitative estimate of drug-likeness (QED) is 0.786. The van der Waals surface area contributed by atoms with Crippen molar-refractivity contribution in [2.24, 2.45) is 0 Å². The van der Waals surface area contributed by atoms with Crippen LogP contribution in [0.15, 0.2) is 24.3 Å². The van der Waals surface area contributed by atoms with E-state index in [2.05, 4.69) is 11.9 Å². The third-order valence-electron chi connectivity index (χ3n) is 2.38. The summed E-state index contributed by atoms with van der Waals surface area (Å²) in [7, 11) is 2.78. The van der Waals surface area contributed by atoms with E-state index in [0.29, 0.717) is 5.75 Å². The summed E-state index contributed by atoms with van der Waals surface area (Å²) in [5.41, 5.74) is 0.108. The number of amides is 1. The summed E-state index contributed by atoms with van der Waals surface area (Å²) in [4.78, 5) is 22.6. The number of aromatic carboxylic acids is 1. The lowest BCUT2D eigenvalue weighted by Gasteiger charge is -2.16. The molecule has 0 atom stereocenters. The van der Waals surface area contributed by atoms with E-state index in [1.807, 2.05) is 0 Å². The third-order valence-corrected chi connectivity index (χ3v) is 2.38. The molecule has 0 aliphatic heterocycles. The van der Waals surface area contributed by atoms with Crippen LogP contribution in [-0.4, -0.2) is 26.1 Å². The van der Waals surface area contributed by atoms with Gasteiger partial charge in [0.2, 0.25) is 0 Å². The highest BCUT2D eigenvalue weighted by atomic mass is 16.5. The van der Waals surface area contributed by atoms with E-state index in [4.69, 9.17) is 9.47 Å². The normalized spacial score (nSPS) is 9.63. The number of carbonyl (C=O) groups excluding carboxylic acids is 2. The number of hydrogen-bond acceptors (Lipinski definition) is 5. The highest BCUT2D eigenvalue weighted by Crippen LogP contribution is 2.33. The van der Waals surface area contributed by atoms with Crippen LogP contribution >= 0.6 is 0 Å². The minimum absolute atomic E-state index is 0.0608. The van der Waals surface area contributed by atoms with E-state index in [1.165, 1.54) is 33.3 Å². The average Bonchev–Trinajstić information content (AvgIpc) is 2.37. The number of hydrogen-bond donors (Lipinski definition) is 1. The summed E-state index contributed by atoms with van der Waals surface area (Å²) in [5, 5.41) is 13.5. The second kappa shape index (κ2) is 5.90.